The number of nitrogens with one attached hydrogen (secondary N) is 1. The van der Waals surface area contributed by atoms with Crippen molar-refractivity contribution in [1.29, 1.82) is 0 Å². The monoisotopic (exact) mass is 286 g/mol. The molecule has 0 unspecified atom stereocenters. The van der Waals surface area contributed by atoms with Gasteiger partial charge in [0.25, 0.3) is 0 Å². The maximum Gasteiger partial charge on any atom is 0.224 e. The molecule has 0 bridgehead atoms. The number of carbonyl (C=O) groups is 1. The summed E-state index contributed by atoms with van der Waals surface area (Å²) < 4.78 is 0. The van der Waals surface area contributed by atoms with Gasteiger partial charge in [0.1, 0.15) is 0 Å². The Morgan fingerprint density at radius 2 is 2.05 bits per heavy atom. The lowest BCUT2D eigenvalue weighted by molar-refractivity contribution is -0.130. The zero-order valence-electron chi connectivity index (χ0n) is 12.6. The number of anilines is 2. The van der Waals surface area contributed by atoms with Gasteiger partial charge in [0.15, 0.2) is 0 Å². The van der Waals surface area contributed by atoms with Crippen molar-refractivity contribution in [3.63, 3.8) is 0 Å². The molecule has 5 heteroatoms. The number of pyridine rings is 1. The molecule has 2 rings (SSSR count). The number of fused-ring (bicyclic) bond motifs is 1. The van der Waals surface area contributed by atoms with Crippen molar-refractivity contribution in [2.45, 2.75) is 20.3 Å². The maximum absolute atomic E-state index is 12.0. The number of nitrogen functional groups attached to an aromatic ring is 1. The number of nitrogens with two attached hydrogens (primary N) is 1. The van der Waals surface area contributed by atoms with Crippen molar-refractivity contribution < 1.29 is 4.79 Å². The number of rotatable bonds is 6. The van der Waals surface area contributed by atoms with E-state index in [1.165, 1.54) is 0 Å². The van der Waals surface area contributed by atoms with Gasteiger partial charge in [-0.25, -0.2) is 0 Å². The van der Waals surface area contributed by atoms with E-state index in [9.17, 15) is 4.79 Å². The summed E-state index contributed by atoms with van der Waals surface area (Å²) in [6, 6.07) is 7.63. The van der Waals surface area contributed by atoms with Gasteiger partial charge in [0, 0.05) is 43.3 Å². The smallest absolute Gasteiger partial charge is 0.224 e. The lowest BCUT2D eigenvalue weighted by atomic mass is 10.1. The first-order chi connectivity index (χ1) is 10.2. The van der Waals surface area contributed by atoms with Gasteiger partial charge in [0.05, 0.1) is 11.2 Å². The van der Waals surface area contributed by atoms with Crippen LogP contribution in [0.15, 0.2) is 30.5 Å². The molecule has 0 spiro atoms. The zero-order chi connectivity index (χ0) is 15.2. The molecule has 0 aliphatic heterocycles. The summed E-state index contributed by atoms with van der Waals surface area (Å²) in [6.07, 6.45) is 2.21. The van der Waals surface area contributed by atoms with E-state index in [4.69, 9.17) is 5.73 Å². The molecule has 1 amide bonds. The Bertz CT molecular complexity index is 623. The Labute approximate surface area is 125 Å². The fourth-order valence-electron chi connectivity index (χ4n) is 2.39. The third kappa shape index (κ3) is 3.42. The van der Waals surface area contributed by atoms with Crippen LogP contribution in [0.5, 0.6) is 0 Å². The minimum Gasteiger partial charge on any atom is -0.397 e. The number of nitrogens with zero attached hydrogens (tertiary/aromatic N) is 2. The first-order valence-corrected chi connectivity index (χ1v) is 7.32. The summed E-state index contributed by atoms with van der Waals surface area (Å²) in [4.78, 5) is 18.1. The van der Waals surface area contributed by atoms with Crippen LogP contribution in [0.25, 0.3) is 10.9 Å². The average molecular weight is 286 g/mol. The topological polar surface area (TPSA) is 71.2 Å². The van der Waals surface area contributed by atoms with Crippen LogP contribution >= 0.6 is 0 Å². The number of carbonyl (C=O) groups excluding carboxylic acids is 1. The molecular formula is C16H22N4O. The van der Waals surface area contributed by atoms with Gasteiger partial charge in [-0.2, -0.15) is 0 Å². The highest BCUT2D eigenvalue weighted by Gasteiger charge is 2.09. The maximum atomic E-state index is 12.0. The van der Waals surface area contributed by atoms with Crippen LogP contribution < -0.4 is 11.1 Å². The van der Waals surface area contributed by atoms with Crippen LogP contribution in [0, 0.1) is 0 Å². The van der Waals surface area contributed by atoms with E-state index >= 15 is 0 Å². The summed E-state index contributed by atoms with van der Waals surface area (Å²) in [5.74, 6) is 0.172. The third-order valence-corrected chi connectivity index (χ3v) is 3.57. The van der Waals surface area contributed by atoms with Crippen molar-refractivity contribution in [1.82, 2.24) is 9.88 Å². The summed E-state index contributed by atoms with van der Waals surface area (Å²) in [5.41, 5.74) is 8.34. The minimum absolute atomic E-state index is 0.172. The predicted molar refractivity (Wildman–Crippen MR) is 87.2 cm³/mol. The Morgan fingerprint density at radius 3 is 2.76 bits per heavy atom. The molecule has 2 aromatic rings. The number of benzene rings is 1. The van der Waals surface area contributed by atoms with Crippen molar-refractivity contribution >= 4 is 28.2 Å². The Kier molecular flexibility index (Phi) is 4.98. The molecule has 1 aromatic heterocycles. The standard InChI is InChI=1S/C16H22N4O/c1-3-20(4-2)15(21)9-11-18-14-8-10-19-16-12(14)6-5-7-13(16)17/h5-8,10H,3-4,9,11,17H2,1-2H3,(H,18,19). The molecule has 3 N–H and O–H groups in total. The van der Waals surface area contributed by atoms with E-state index in [-0.39, 0.29) is 5.91 Å². The lowest BCUT2D eigenvalue weighted by Crippen LogP contribution is -2.31. The van der Waals surface area contributed by atoms with Gasteiger partial charge >= 0.3 is 0 Å². The number of hydrogen-bond acceptors (Lipinski definition) is 4. The van der Waals surface area contributed by atoms with Crippen molar-refractivity contribution in [3.8, 4) is 0 Å². The molecule has 21 heavy (non-hydrogen) atoms. The molecule has 5 nitrogen and oxygen atoms in total. The van der Waals surface area contributed by atoms with E-state index in [0.29, 0.717) is 18.7 Å². The minimum atomic E-state index is 0.172. The van der Waals surface area contributed by atoms with Crippen LogP contribution in [-0.4, -0.2) is 35.4 Å². The molecule has 0 aliphatic carbocycles. The van der Waals surface area contributed by atoms with Crippen LogP contribution in [-0.2, 0) is 4.79 Å². The molecule has 0 aliphatic rings. The van der Waals surface area contributed by atoms with Crippen LogP contribution in [0.1, 0.15) is 20.3 Å². The number of hydrogen-bond donors (Lipinski definition) is 2. The van der Waals surface area contributed by atoms with E-state index in [1.54, 1.807) is 6.20 Å². The molecule has 112 valence electrons. The number of para-hydroxylation sites is 1. The molecule has 0 fully saturated rings. The molecule has 0 radical (unpaired) electrons. The molecule has 1 heterocycles. The molecule has 0 saturated carbocycles. The second-order valence-corrected chi connectivity index (χ2v) is 4.84. The predicted octanol–water partition coefficient (Wildman–Crippen LogP) is 2.49. The van der Waals surface area contributed by atoms with E-state index < -0.39 is 0 Å². The first-order valence-electron chi connectivity index (χ1n) is 7.32. The van der Waals surface area contributed by atoms with Gasteiger partial charge in [-0.05, 0) is 26.0 Å². The summed E-state index contributed by atoms with van der Waals surface area (Å²) >= 11 is 0. The summed E-state index contributed by atoms with van der Waals surface area (Å²) in [6.45, 7) is 6.10. The van der Waals surface area contributed by atoms with E-state index in [0.717, 1.165) is 29.7 Å². The van der Waals surface area contributed by atoms with Crippen LogP contribution in [0.4, 0.5) is 11.4 Å². The molecule has 0 saturated heterocycles. The average Bonchev–Trinajstić information content (AvgIpc) is 2.49. The normalized spacial score (nSPS) is 10.6. The fourth-order valence-corrected chi connectivity index (χ4v) is 2.39. The first kappa shape index (κ1) is 15.1. The number of aromatic nitrogens is 1. The van der Waals surface area contributed by atoms with E-state index in [1.807, 2.05) is 43.0 Å². The van der Waals surface area contributed by atoms with Crippen LogP contribution in [0.3, 0.4) is 0 Å². The lowest BCUT2D eigenvalue weighted by Gasteiger charge is -2.19. The SMILES string of the molecule is CCN(CC)C(=O)CCNc1ccnc2c(N)cccc12. The summed E-state index contributed by atoms with van der Waals surface area (Å²) in [5, 5.41) is 4.29. The van der Waals surface area contributed by atoms with E-state index in [2.05, 4.69) is 10.3 Å². The second-order valence-electron chi connectivity index (χ2n) is 4.84. The molecule has 0 atom stereocenters. The van der Waals surface area contributed by atoms with Crippen molar-refractivity contribution in [2.24, 2.45) is 0 Å². The quantitative estimate of drug-likeness (QED) is 0.800. The highest BCUT2D eigenvalue weighted by molar-refractivity contribution is 5.97. The highest BCUT2D eigenvalue weighted by atomic mass is 16.2. The fraction of sp³-hybridized carbons (Fsp3) is 0.375. The van der Waals surface area contributed by atoms with Gasteiger partial charge < -0.3 is 16.0 Å². The molecular weight excluding hydrogens is 264 g/mol. The van der Waals surface area contributed by atoms with Crippen molar-refractivity contribution in [3.05, 3.63) is 30.5 Å². The largest absolute Gasteiger partial charge is 0.397 e. The summed E-state index contributed by atoms with van der Waals surface area (Å²) in [7, 11) is 0. The zero-order valence-corrected chi connectivity index (χ0v) is 12.6. The molecule has 1 aromatic carbocycles. The van der Waals surface area contributed by atoms with Crippen LogP contribution in [0.2, 0.25) is 0 Å². The number of amides is 1. The highest BCUT2D eigenvalue weighted by Crippen LogP contribution is 2.25. The van der Waals surface area contributed by atoms with Gasteiger partial charge in [-0.3, -0.25) is 9.78 Å². The Balaban J connectivity index is 2.04. The van der Waals surface area contributed by atoms with Gasteiger partial charge in [0.2, 0.25) is 5.91 Å². The van der Waals surface area contributed by atoms with Gasteiger partial charge in [-0.15, -0.1) is 0 Å². The van der Waals surface area contributed by atoms with Gasteiger partial charge in [-0.1, -0.05) is 12.1 Å². The van der Waals surface area contributed by atoms with Crippen molar-refractivity contribution in [2.75, 3.05) is 30.7 Å². The Morgan fingerprint density at radius 1 is 1.29 bits per heavy atom. The Hall–Kier alpha value is -2.30. The third-order valence-electron chi connectivity index (χ3n) is 3.57. The second kappa shape index (κ2) is 6.92.